The topological polar surface area (TPSA) is 67.2 Å². The zero-order valence-corrected chi connectivity index (χ0v) is 16.8. The predicted octanol–water partition coefficient (Wildman–Crippen LogP) is 3.16. The molecule has 144 valence electrons. The number of hydrogen-bond acceptors (Lipinski definition) is 3. The molecule has 0 saturated heterocycles. The van der Waals surface area contributed by atoms with E-state index in [0.29, 0.717) is 34.6 Å². The monoisotopic (exact) mass is 408 g/mol. The van der Waals surface area contributed by atoms with Crippen molar-refractivity contribution in [1.29, 1.82) is 0 Å². The fourth-order valence-corrected chi connectivity index (χ4v) is 3.65. The molecule has 1 aromatic carbocycles. The van der Waals surface area contributed by atoms with E-state index in [1.807, 2.05) is 10.7 Å². The molecule has 27 heavy (non-hydrogen) atoms. The number of carbonyl (C=O) groups is 2. The molecule has 1 aliphatic rings. The number of halogens is 2. The molecule has 3 rings (SSSR count). The average Bonchev–Trinajstić information content (AvgIpc) is 3.05. The summed E-state index contributed by atoms with van der Waals surface area (Å²) in [6, 6.07) is 5.35. The maximum Gasteiger partial charge on any atom is 0.257 e. The van der Waals surface area contributed by atoms with Gasteiger partial charge in [0.2, 0.25) is 5.91 Å². The van der Waals surface area contributed by atoms with Crippen molar-refractivity contribution in [2.75, 3.05) is 13.6 Å². The minimum Gasteiger partial charge on any atom is -0.356 e. The quantitative estimate of drug-likeness (QED) is 0.825. The molecule has 8 heteroatoms. The largest absolute Gasteiger partial charge is 0.356 e. The molecule has 0 aliphatic carbocycles. The highest BCUT2D eigenvalue weighted by atomic mass is 35.5. The highest BCUT2D eigenvalue weighted by Crippen LogP contribution is 2.25. The molecule has 1 aliphatic heterocycles. The van der Waals surface area contributed by atoms with Gasteiger partial charge in [-0.25, -0.2) is 0 Å². The minimum atomic E-state index is -0.0810. The Kier molecular flexibility index (Phi) is 6.07. The second kappa shape index (κ2) is 8.31. The summed E-state index contributed by atoms with van der Waals surface area (Å²) >= 11 is 12.0. The lowest BCUT2D eigenvalue weighted by molar-refractivity contribution is -0.119. The highest BCUT2D eigenvalue weighted by molar-refractivity contribution is 6.42. The fourth-order valence-electron chi connectivity index (χ4n) is 3.33. The van der Waals surface area contributed by atoms with Crippen molar-refractivity contribution in [3.8, 4) is 0 Å². The molecular weight excluding hydrogens is 387 g/mol. The van der Waals surface area contributed by atoms with Crippen molar-refractivity contribution in [3.63, 3.8) is 0 Å². The number of carbonyl (C=O) groups excluding carboxylic acids is 2. The first-order chi connectivity index (χ1) is 12.8. The molecule has 1 atom stereocenters. The molecule has 0 fully saturated rings. The van der Waals surface area contributed by atoms with Crippen molar-refractivity contribution in [2.24, 2.45) is 5.92 Å². The van der Waals surface area contributed by atoms with Crippen LogP contribution < -0.4 is 5.32 Å². The lowest BCUT2D eigenvalue weighted by Gasteiger charge is -2.25. The average molecular weight is 409 g/mol. The van der Waals surface area contributed by atoms with E-state index in [4.69, 9.17) is 23.2 Å². The standard InChI is InChI=1S/C19H22Cl2N4O2/c1-12(26)22-9-13-5-6-25-18(8-13)15(10-23-25)19(27)24(2)11-14-3-4-16(20)17(21)7-14/h3-4,7,10,13H,5-6,8-9,11H2,1-2H3,(H,22,26)/t13-/m1/s1. The SMILES string of the molecule is CC(=O)NC[C@@H]1CCn2ncc(C(=O)N(C)Cc3ccc(Cl)c(Cl)c3)c2C1. The van der Waals surface area contributed by atoms with Gasteiger partial charge >= 0.3 is 0 Å². The minimum absolute atomic E-state index is 0.0354. The number of amides is 2. The lowest BCUT2D eigenvalue weighted by atomic mass is 9.94. The van der Waals surface area contributed by atoms with Gasteiger partial charge in [-0.3, -0.25) is 14.3 Å². The Labute approximate surface area is 168 Å². The lowest BCUT2D eigenvalue weighted by Crippen LogP contribution is -2.33. The summed E-state index contributed by atoms with van der Waals surface area (Å²) in [5.41, 5.74) is 2.46. The second-order valence-corrected chi connectivity index (χ2v) is 7.75. The molecule has 2 aromatic rings. The van der Waals surface area contributed by atoms with Crippen LogP contribution in [0.3, 0.4) is 0 Å². The van der Waals surface area contributed by atoms with Crippen LogP contribution >= 0.6 is 23.2 Å². The van der Waals surface area contributed by atoms with Crippen LogP contribution in [0, 0.1) is 5.92 Å². The number of nitrogens with zero attached hydrogens (tertiary/aromatic N) is 3. The number of aryl methyl sites for hydroxylation is 1. The third-order valence-corrected chi connectivity index (χ3v) is 5.54. The summed E-state index contributed by atoms with van der Waals surface area (Å²) < 4.78 is 1.89. The molecule has 2 heterocycles. The van der Waals surface area contributed by atoms with Gasteiger partial charge < -0.3 is 10.2 Å². The number of rotatable bonds is 5. The molecule has 0 unspecified atom stereocenters. The second-order valence-electron chi connectivity index (χ2n) is 6.93. The van der Waals surface area contributed by atoms with Crippen LogP contribution in [0.4, 0.5) is 0 Å². The van der Waals surface area contributed by atoms with Gasteiger partial charge in [-0.1, -0.05) is 29.3 Å². The number of fused-ring (bicyclic) bond motifs is 1. The Morgan fingerprint density at radius 2 is 2.11 bits per heavy atom. The van der Waals surface area contributed by atoms with Crippen LogP contribution in [-0.4, -0.2) is 40.1 Å². The van der Waals surface area contributed by atoms with Gasteiger partial charge in [0, 0.05) is 33.6 Å². The third kappa shape index (κ3) is 4.62. The highest BCUT2D eigenvalue weighted by Gasteiger charge is 2.26. The van der Waals surface area contributed by atoms with Crippen molar-refractivity contribution >= 4 is 35.0 Å². The molecule has 0 saturated carbocycles. The van der Waals surface area contributed by atoms with Crippen molar-refractivity contribution in [1.82, 2.24) is 20.0 Å². The molecular formula is C19H22Cl2N4O2. The zero-order valence-electron chi connectivity index (χ0n) is 15.3. The van der Waals surface area contributed by atoms with E-state index in [9.17, 15) is 9.59 Å². The fraction of sp³-hybridized carbons (Fsp3) is 0.421. The summed E-state index contributed by atoms with van der Waals surface area (Å²) in [5.74, 6) is 0.194. The van der Waals surface area contributed by atoms with Crippen molar-refractivity contribution in [2.45, 2.75) is 32.9 Å². The summed E-state index contributed by atoms with van der Waals surface area (Å²) in [7, 11) is 1.76. The number of aromatic nitrogens is 2. The van der Waals surface area contributed by atoms with E-state index in [0.717, 1.165) is 30.6 Å². The number of hydrogen-bond donors (Lipinski definition) is 1. The predicted molar refractivity (Wildman–Crippen MR) is 105 cm³/mol. The van der Waals surface area contributed by atoms with Gasteiger partial charge in [0.15, 0.2) is 0 Å². The van der Waals surface area contributed by atoms with Crippen LogP contribution in [0.5, 0.6) is 0 Å². The molecule has 2 amide bonds. The first kappa shape index (κ1) is 19.7. The van der Waals surface area contributed by atoms with E-state index in [1.165, 1.54) is 6.92 Å². The van der Waals surface area contributed by atoms with Crippen LogP contribution in [0.25, 0.3) is 0 Å². The Bertz CT molecular complexity index is 865. The zero-order chi connectivity index (χ0) is 19.6. The molecule has 1 aromatic heterocycles. The normalized spacial score (nSPS) is 15.9. The Hall–Kier alpha value is -2.05. The maximum atomic E-state index is 13.0. The van der Waals surface area contributed by atoms with E-state index >= 15 is 0 Å². The summed E-state index contributed by atoms with van der Waals surface area (Å²) in [4.78, 5) is 25.8. The molecule has 1 N–H and O–H groups in total. The number of benzene rings is 1. The van der Waals surface area contributed by atoms with Gasteiger partial charge in [-0.2, -0.15) is 5.10 Å². The Balaban J connectivity index is 1.71. The molecule has 0 bridgehead atoms. The summed E-state index contributed by atoms with van der Waals surface area (Å²) in [5, 5.41) is 8.19. The van der Waals surface area contributed by atoms with E-state index in [2.05, 4.69) is 10.4 Å². The third-order valence-electron chi connectivity index (χ3n) is 4.80. The Morgan fingerprint density at radius 3 is 2.81 bits per heavy atom. The molecule has 6 nitrogen and oxygen atoms in total. The Morgan fingerprint density at radius 1 is 1.33 bits per heavy atom. The van der Waals surface area contributed by atoms with Crippen molar-refractivity contribution < 1.29 is 9.59 Å². The van der Waals surface area contributed by atoms with Gasteiger partial charge in [0.25, 0.3) is 5.91 Å². The van der Waals surface area contributed by atoms with Crippen LogP contribution in [0.2, 0.25) is 10.0 Å². The summed E-state index contributed by atoms with van der Waals surface area (Å²) in [6.07, 6.45) is 3.30. The van der Waals surface area contributed by atoms with Crippen LogP contribution in [0.15, 0.2) is 24.4 Å². The first-order valence-corrected chi connectivity index (χ1v) is 9.59. The van der Waals surface area contributed by atoms with Gasteiger partial charge in [0.1, 0.15) is 0 Å². The van der Waals surface area contributed by atoms with Gasteiger partial charge in [0.05, 0.1) is 27.5 Å². The van der Waals surface area contributed by atoms with Crippen LogP contribution in [0.1, 0.15) is 35.0 Å². The number of nitrogens with one attached hydrogen (secondary N) is 1. The van der Waals surface area contributed by atoms with E-state index in [-0.39, 0.29) is 11.8 Å². The van der Waals surface area contributed by atoms with E-state index < -0.39 is 0 Å². The smallest absolute Gasteiger partial charge is 0.257 e. The maximum absolute atomic E-state index is 13.0. The van der Waals surface area contributed by atoms with Gasteiger partial charge in [-0.05, 0) is 36.5 Å². The van der Waals surface area contributed by atoms with Crippen molar-refractivity contribution in [3.05, 3.63) is 51.3 Å². The molecule has 0 radical (unpaired) electrons. The van der Waals surface area contributed by atoms with E-state index in [1.54, 1.807) is 30.3 Å². The first-order valence-electron chi connectivity index (χ1n) is 8.83. The van der Waals surface area contributed by atoms with Crippen LogP contribution in [-0.2, 0) is 24.3 Å². The summed E-state index contributed by atoms with van der Waals surface area (Å²) in [6.45, 7) is 3.31. The molecule has 0 spiro atoms. The van der Waals surface area contributed by atoms with Gasteiger partial charge in [-0.15, -0.1) is 0 Å².